The summed E-state index contributed by atoms with van der Waals surface area (Å²) < 4.78 is 7.19. The van der Waals surface area contributed by atoms with Gasteiger partial charge in [0.05, 0.1) is 11.9 Å². The third kappa shape index (κ3) is 5.92. The highest BCUT2D eigenvalue weighted by atomic mass is 16.3. The summed E-state index contributed by atoms with van der Waals surface area (Å²) in [7, 11) is 0. The minimum atomic E-state index is -0.323. The Labute approximate surface area is 238 Å². The summed E-state index contributed by atoms with van der Waals surface area (Å²) in [4.78, 5) is 22.7. The highest BCUT2D eigenvalue weighted by Crippen LogP contribution is 2.28. The zero-order chi connectivity index (χ0) is 28.3. The van der Waals surface area contributed by atoms with E-state index in [2.05, 4.69) is 25.9 Å². The lowest BCUT2D eigenvalue weighted by molar-refractivity contribution is 0.102. The Morgan fingerprint density at radius 1 is 1.02 bits per heavy atom. The fourth-order valence-corrected chi connectivity index (χ4v) is 5.07. The molecule has 1 saturated carbocycles. The van der Waals surface area contributed by atoms with E-state index in [0.29, 0.717) is 28.7 Å². The molecule has 10 nitrogen and oxygen atoms in total. The minimum absolute atomic E-state index is 0.186. The normalized spacial score (nSPS) is 17.1. The van der Waals surface area contributed by atoms with Gasteiger partial charge in [0.25, 0.3) is 5.91 Å². The molecule has 0 saturated heterocycles. The number of hydrogen-bond acceptors (Lipinski definition) is 8. The lowest BCUT2D eigenvalue weighted by atomic mass is 9.92. The summed E-state index contributed by atoms with van der Waals surface area (Å²) in [5, 5.41) is 14.8. The number of carbonyl (C=O) groups is 1. The summed E-state index contributed by atoms with van der Waals surface area (Å²) in [5.41, 5.74) is 10.8. The second-order valence-corrected chi connectivity index (χ2v) is 10.8. The van der Waals surface area contributed by atoms with Gasteiger partial charge in [-0.05, 0) is 49.9 Å². The Kier molecular flexibility index (Phi) is 7.39. The van der Waals surface area contributed by atoms with E-state index in [4.69, 9.17) is 15.2 Å². The number of benzene rings is 2. The third-order valence-corrected chi connectivity index (χ3v) is 7.31. The fourth-order valence-electron chi connectivity index (χ4n) is 5.07. The lowest BCUT2D eigenvalue weighted by Gasteiger charge is -2.27. The van der Waals surface area contributed by atoms with Gasteiger partial charge in [-0.1, -0.05) is 44.2 Å². The van der Waals surface area contributed by atoms with E-state index < -0.39 is 0 Å². The summed E-state index contributed by atoms with van der Waals surface area (Å²) in [6.45, 7) is 4.06. The van der Waals surface area contributed by atoms with E-state index in [-0.39, 0.29) is 23.9 Å². The van der Waals surface area contributed by atoms with Gasteiger partial charge in [0.1, 0.15) is 17.8 Å². The number of carbonyl (C=O) groups excluding carboxylic acids is 1. The molecule has 0 atom stereocenters. The number of hydrogen-bond donors (Lipinski definition) is 4. The van der Waals surface area contributed by atoms with E-state index in [1.165, 1.54) is 0 Å². The predicted molar refractivity (Wildman–Crippen MR) is 161 cm³/mol. The van der Waals surface area contributed by atoms with Crippen LogP contribution in [0.25, 0.3) is 16.9 Å². The molecule has 5 aromatic rings. The Balaban J connectivity index is 1.30. The maximum absolute atomic E-state index is 13.5. The molecular weight excluding hydrogens is 516 g/mol. The van der Waals surface area contributed by atoms with Gasteiger partial charge in [0.2, 0.25) is 0 Å². The van der Waals surface area contributed by atoms with Gasteiger partial charge in [-0.25, -0.2) is 14.5 Å². The van der Waals surface area contributed by atoms with Gasteiger partial charge in [0.15, 0.2) is 17.2 Å². The summed E-state index contributed by atoms with van der Waals surface area (Å²) >= 11 is 0. The van der Waals surface area contributed by atoms with E-state index in [9.17, 15) is 4.79 Å². The number of amides is 1. The standard InChI is InChI=1S/C31H34N8O2/c1-19(2)31-37-26(18-41-31)20-7-6-10-24(15-20)36-30(40)27-17-33-29-25(34-22-8-4-3-5-9-22)16-28(38-39(27)29)35-23-13-11-21(32)12-14-23/h3-10,15-19,21,23,34H,11-14,32H2,1-2H3,(H,35,38)(H,36,40)/t21-,23-. The van der Waals surface area contributed by atoms with Crippen LogP contribution in [0, 0.1) is 0 Å². The van der Waals surface area contributed by atoms with Gasteiger partial charge in [-0.3, -0.25) is 4.79 Å². The van der Waals surface area contributed by atoms with Crippen LogP contribution in [0.1, 0.15) is 61.8 Å². The van der Waals surface area contributed by atoms with Crippen LogP contribution in [0.2, 0.25) is 0 Å². The molecule has 1 aliphatic rings. The van der Waals surface area contributed by atoms with E-state index >= 15 is 0 Å². The van der Waals surface area contributed by atoms with Crippen molar-refractivity contribution in [2.45, 2.75) is 57.5 Å². The summed E-state index contributed by atoms with van der Waals surface area (Å²) in [5.74, 6) is 1.20. The largest absolute Gasteiger partial charge is 0.448 e. The number of fused-ring (bicyclic) bond motifs is 1. The minimum Gasteiger partial charge on any atom is -0.448 e. The van der Waals surface area contributed by atoms with Crippen LogP contribution >= 0.6 is 0 Å². The molecule has 1 amide bonds. The molecule has 0 unspecified atom stereocenters. The molecule has 41 heavy (non-hydrogen) atoms. The van der Waals surface area contributed by atoms with Crippen LogP contribution in [0.3, 0.4) is 0 Å². The third-order valence-electron chi connectivity index (χ3n) is 7.31. The molecule has 0 radical (unpaired) electrons. The SMILES string of the molecule is CC(C)c1nc(-c2cccc(NC(=O)c3cnc4c(Nc5ccccc5)cc(N[C@H]5CC[C@H](N)CC5)nn34)c2)co1. The molecule has 210 valence electrons. The molecule has 0 aliphatic heterocycles. The van der Waals surface area contributed by atoms with Crippen molar-refractivity contribution in [3.05, 3.63) is 84.7 Å². The van der Waals surface area contributed by atoms with Crippen molar-refractivity contribution in [3.8, 4) is 11.3 Å². The molecule has 3 heterocycles. The number of anilines is 4. The Morgan fingerprint density at radius 3 is 2.56 bits per heavy atom. The molecule has 0 spiro atoms. The first-order valence-corrected chi connectivity index (χ1v) is 14.0. The first kappa shape index (κ1) is 26.5. The van der Waals surface area contributed by atoms with Crippen molar-refractivity contribution < 1.29 is 9.21 Å². The second kappa shape index (κ2) is 11.4. The van der Waals surface area contributed by atoms with Crippen molar-refractivity contribution in [2.75, 3.05) is 16.0 Å². The van der Waals surface area contributed by atoms with Crippen LogP contribution in [-0.4, -0.2) is 37.6 Å². The zero-order valence-corrected chi connectivity index (χ0v) is 23.2. The van der Waals surface area contributed by atoms with Crippen molar-refractivity contribution in [1.29, 1.82) is 0 Å². The summed E-state index contributed by atoms with van der Waals surface area (Å²) in [6, 6.07) is 19.8. The van der Waals surface area contributed by atoms with E-state index in [0.717, 1.165) is 48.3 Å². The average Bonchev–Trinajstić information content (AvgIpc) is 3.64. The van der Waals surface area contributed by atoms with Crippen LogP contribution in [0.15, 0.2) is 77.5 Å². The van der Waals surface area contributed by atoms with Crippen LogP contribution in [-0.2, 0) is 0 Å². The topological polar surface area (TPSA) is 135 Å². The van der Waals surface area contributed by atoms with Gasteiger partial charge in [-0.2, -0.15) is 0 Å². The molecule has 3 aromatic heterocycles. The fraction of sp³-hybridized carbons (Fsp3) is 0.290. The zero-order valence-electron chi connectivity index (χ0n) is 23.2. The molecule has 10 heteroatoms. The van der Waals surface area contributed by atoms with Crippen molar-refractivity contribution in [3.63, 3.8) is 0 Å². The quantitative estimate of drug-likeness (QED) is 0.180. The maximum atomic E-state index is 13.5. The molecule has 1 aliphatic carbocycles. The first-order chi connectivity index (χ1) is 19.9. The van der Waals surface area contributed by atoms with Crippen LogP contribution in [0.5, 0.6) is 0 Å². The van der Waals surface area contributed by atoms with Crippen molar-refractivity contribution in [1.82, 2.24) is 19.6 Å². The van der Waals surface area contributed by atoms with Crippen LogP contribution < -0.4 is 21.7 Å². The second-order valence-electron chi connectivity index (χ2n) is 10.8. The van der Waals surface area contributed by atoms with E-state index in [1.54, 1.807) is 17.0 Å². The number of imidazole rings is 1. The number of rotatable bonds is 8. The van der Waals surface area contributed by atoms with Gasteiger partial charge in [-0.15, -0.1) is 5.10 Å². The van der Waals surface area contributed by atoms with Gasteiger partial charge < -0.3 is 26.1 Å². The number of nitrogens with zero attached hydrogens (tertiary/aromatic N) is 4. The number of aromatic nitrogens is 4. The molecule has 6 rings (SSSR count). The molecule has 5 N–H and O–H groups in total. The van der Waals surface area contributed by atoms with Gasteiger partial charge in [0, 0.05) is 41.0 Å². The maximum Gasteiger partial charge on any atom is 0.276 e. The molecule has 2 aromatic carbocycles. The Hall–Kier alpha value is -4.70. The van der Waals surface area contributed by atoms with Crippen LogP contribution in [0.4, 0.5) is 22.9 Å². The highest BCUT2D eigenvalue weighted by Gasteiger charge is 2.22. The number of nitrogens with two attached hydrogens (primary N) is 1. The average molecular weight is 551 g/mol. The number of nitrogens with one attached hydrogen (secondary N) is 3. The van der Waals surface area contributed by atoms with Crippen molar-refractivity contribution in [2.24, 2.45) is 5.73 Å². The smallest absolute Gasteiger partial charge is 0.276 e. The molecule has 1 fully saturated rings. The Bertz CT molecular complexity index is 1650. The van der Waals surface area contributed by atoms with Gasteiger partial charge >= 0.3 is 0 Å². The lowest BCUT2D eigenvalue weighted by Crippen LogP contribution is -2.33. The molecule has 0 bridgehead atoms. The first-order valence-electron chi connectivity index (χ1n) is 14.0. The summed E-state index contributed by atoms with van der Waals surface area (Å²) in [6.07, 6.45) is 7.08. The highest BCUT2D eigenvalue weighted by molar-refractivity contribution is 6.04. The number of oxazole rings is 1. The monoisotopic (exact) mass is 550 g/mol. The Morgan fingerprint density at radius 2 is 1.80 bits per heavy atom. The molecular formula is C31H34N8O2. The number of para-hydroxylation sites is 1. The van der Waals surface area contributed by atoms with Crippen molar-refractivity contribution >= 4 is 34.4 Å². The van der Waals surface area contributed by atoms with E-state index in [1.807, 2.05) is 74.5 Å². The predicted octanol–water partition coefficient (Wildman–Crippen LogP) is 6.19.